The lowest BCUT2D eigenvalue weighted by Gasteiger charge is -2.32. The minimum absolute atomic E-state index is 0.717. The first-order valence-corrected chi connectivity index (χ1v) is 6.22. The van der Waals surface area contributed by atoms with Crippen LogP contribution in [0, 0.1) is 11.3 Å². The fraction of sp³-hybridized carbons (Fsp3) is 0.312. The normalized spacial score (nSPS) is 15.5. The molecule has 0 fully saturated rings. The molecule has 1 aliphatic rings. The van der Waals surface area contributed by atoms with Crippen molar-refractivity contribution in [3.63, 3.8) is 0 Å². The van der Waals surface area contributed by atoms with Crippen molar-refractivity contribution in [1.29, 1.82) is 5.26 Å². The molecule has 0 N–H and O–H groups in total. The summed E-state index contributed by atoms with van der Waals surface area (Å²) in [4.78, 5) is 2.27. The Bertz CT molecular complexity index is 546. The highest BCUT2D eigenvalue weighted by Gasteiger charge is 2.18. The second-order valence-electron chi connectivity index (χ2n) is 4.79. The average molecular weight is 238 g/mol. The maximum atomic E-state index is 9.20. The van der Waals surface area contributed by atoms with Crippen molar-refractivity contribution >= 4 is 0 Å². The summed E-state index contributed by atoms with van der Waals surface area (Å²) in [7, 11) is 0. The minimum Gasteiger partial charge on any atom is -0.369 e. The molecule has 0 saturated carbocycles. The van der Waals surface area contributed by atoms with Crippen molar-refractivity contribution in [1.82, 2.24) is 4.90 Å². The van der Waals surface area contributed by atoms with Crippen LogP contribution in [0.2, 0.25) is 0 Å². The molecule has 1 aromatic rings. The fourth-order valence-electron chi connectivity index (χ4n) is 2.43. The van der Waals surface area contributed by atoms with Crippen molar-refractivity contribution in [3.8, 4) is 6.07 Å². The molecular weight excluding hydrogens is 220 g/mol. The summed E-state index contributed by atoms with van der Waals surface area (Å²) < 4.78 is 0. The van der Waals surface area contributed by atoms with Crippen LogP contribution < -0.4 is 0 Å². The number of allylic oxidation sites excluding steroid dienone is 3. The summed E-state index contributed by atoms with van der Waals surface area (Å²) in [5.41, 5.74) is 5.39. The fourth-order valence-corrected chi connectivity index (χ4v) is 2.43. The Kier molecular flexibility index (Phi) is 3.53. The van der Waals surface area contributed by atoms with Crippen LogP contribution >= 0.6 is 0 Å². The van der Waals surface area contributed by atoms with Gasteiger partial charge in [-0.15, -0.1) is 0 Å². The largest absolute Gasteiger partial charge is 0.369 e. The van der Waals surface area contributed by atoms with E-state index in [0.29, 0.717) is 0 Å². The van der Waals surface area contributed by atoms with Gasteiger partial charge in [-0.05, 0) is 37.0 Å². The smallest absolute Gasteiger partial charge is 0.101 e. The van der Waals surface area contributed by atoms with E-state index in [0.717, 1.165) is 36.4 Å². The van der Waals surface area contributed by atoms with Gasteiger partial charge in [0.25, 0.3) is 0 Å². The summed E-state index contributed by atoms with van der Waals surface area (Å²) in [6.07, 6.45) is 1.04. The zero-order valence-electron chi connectivity index (χ0n) is 11.0. The lowest BCUT2D eigenvalue weighted by atomic mass is 9.98. The number of hydrogen-bond donors (Lipinski definition) is 0. The molecule has 0 unspecified atom stereocenters. The molecule has 1 heterocycles. The Balaban J connectivity index is 2.29. The Morgan fingerprint density at radius 1 is 1.28 bits per heavy atom. The molecule has 0 amide bonds. The van der Waals surface area contributed by atoms with Gasteiger partial charge in [-0.3, -0.25) is 0 Å². The first-order valence-electron chi connectivity index (χ1n) is 6.22. The van der Waals surface area contributed by atoms with E-state index >= 15 is 0 Å². The van der Waals surface area contributed by atoms with E-state index in [1.54, 1.807) is 0 Å². The van der Waals surface area contributed by atoms with Crippen LogP contribution in [0.1, 0.15) is 25.0 Å². The molecule has 92 valence electrons. The summed E-state index contributed by atoms with van der Waals surface area (Å²) in [5, 5.41) is 9.20. The molecule has 0 bridgehead atoms. The van der Waals surface area contributed by atoms with Gasteiger partial charge < -0.3 is 4.90 Å². The Morgan fingerprint density at radius 3 is 2.56 bits per heavy atom. The van der Waals surface area contributed by atoms with Crippen molar-refractivity contribution < 1.29 is 0 Å². The molecule has 0 atom stereocenters. The van der Waals surface area contributed by atoms with Crippen molar-refractivity contribution in [2.24, 2.45) is 0 Å². The van der Waals surface area contributed by atoms with Gasteiger partial charge in [-0.1, -0.05) is 30.8 Å². The van der Waals surface area contributed by atoms with Gasteiger partial charge in [-0.25, -0.2) is 0 Å². The van der Waals surface area contributed by atoms with Gasteiger partial charge in [0.05, 0.1) is 5.57 Å². The van der Waals surface area contributed by atoms with Gasteiger partial charge in [0.1, 0.15) is 6.07 Å². The van der Waals surface area contributed by atoms with Gasteiger partial charge in [0.15, 0.2) is 0 Å². The van der Waals surface area contributed by atoms with Crippen LogP contribution in [-0.4, -0.2) is 11.4 Å². The van der Waals surface area contributed by atoms with Crippen LogP contribution in [0.15, 0.2) is 47.7 Å². The van der Waals surface area contributed by atoms with E-state index in [1.807, 2.05) is 13.8 Å². The van der Waals surface area contributed by atoms with Crippen LogP contribution in [0.4, 0.5) is 0 Å². The second kappa shape index (κ2) is 5.10. The maximum absolute atomic E-state index is 9.20. The standard InChI is InChI=1S/C16H18N2/c1-12(2)16(10-17)13(3)18-9-8-14-6-4-5-7-15(14)11-18/h4-7H,1,8-9,11H2,2-3H3/b16-13+. The minimum atomic E-state index is 0.717. The molecule has 1 aromatic carbocycles. The van der Waals surface area contributed by atoms with Crippen LogP contribution in [0.3, 0.4) is 0 Å². The summed E-state index contributed by atoms with van der Waals surface area (Å²) in [6.45, 7) is 9.65. The summed E-state index contributed by atoms with van der Waals surface area (Å²) in [5.74, 6) is 0. The monoisotopic (exact) mass is 238 g/mol. The highest BCUT2D eigenvalue weighted by molar-refractivity contribution is 5.42. The highest BCUT2D eigenvalue weighted by Crippen LogP contribution is 2.24. The van der Waals surface area contributed by atoms with Gasteiger partial charge in [0, 0.05) is 18.8 Å². The molecule has 0 radical (unpaired) electrons. The molecule has 0 saturated heterocycles. The summed E-state index contributed by atoms with van der Waals surface area (Å²) in [6, 6.07) is 10.8. The lowest BCUT2D eigenvalue weighted by molar-refractivity contribution is 0.321. The molecule has 2 rings (SSSR count). The maximum Gasteiger partial charge on any atom is 0.101 e. The Hall–Kier alpha value is -2.01. The zero-order chi connectivity index (χ0) is 13.1. The third kappa shape index (κ3) is 2.31. The van der Waals surface area contributed by atoms with Gasteiger partial charge in [-0.2, -0.15) is 5.26 Å². The highest BCUT2D eigenvalue weighted by atomic mass is 15.1. The number of nitrogens with zero attached hydrogens (tertiary/aromatic N) is 2. The number of rotatable bonds is 2. The first kappa shape index (κ1) is 12.4. The van der Waals surface area contributed by atoms with E-state index in [2.05, 4.69) is 41.8 Å². The second-order valence-corrected chi connectivity index (χ2v) is 4.79. The summed E-state index contributed by atoms with van der Waals surface area (Å²) >= 11 is 0. The lowest BCUT2D eigenvalue weighted by Crippen LogP contribution is -2.29. The van der Waals surface area contributed by atoms with E-state index in [4.69, 9.17) is 0 Å². The van der Waals surface area contributed by atoms with Crippen LogP contribution in [0.5, 0.6) is 0 Å². The van der Waals surface area contributed by atoms with Crippen LogP contribution in [0.25, 0.3) is 0 Å². The predicted octanol–water partition coefficient (Wildman–Crippen LogP) is 3.42. The third-order valence-corrected chi connectivity index (χ3v) is 3.51. The van der Waals surface area contributed by atoms with Crippen molar-refractivity contribution in [3.05, 3.63) is 58.8 Å². The zero-order valence-corrected chi connectivity index (χ0v) is 11.0. The molecule has 2 heteroatoms. The Morgan fingerprint density at radius 2 is 1.94 bits per heavy atom. The molecule has 18 heavy (non-hydrogen) atoms. The quantitative estimate of drug-likeness (QED) is 0.583. The number of benzene rings is 1. The van der Waals surface area contributed by atoms with Crippen molar-refractivity contribution in [2.45, 2.75) is 26.8 Å². The number of nitriles is 1. The number of hydrogen-bond acceptors (Lipinski definition) is 2. The van der Waals surface area contributed by atoms with E-state index in [9.17, 15) is 5.26 Å². The average Bonchev–Trinajstić information content (AvgIpc) is 2.38. The van der Waals surface area contributed by atoms with Crippen molar-refractivity contribution in [2.75, 3.05) is 6.54 Å². The Labute approximate surface area is 109 Å². The first-order chi connectivity index (χ1) is 8.63. The molecule has 2 nitrogen and oxygen atoms in total. The van der Waals surface area contributed by atoms with E-state index in [1.165, 1.54) is 11.1 Å². The van der Waals surface area contributed by atoms with Gasteiger partial charge >= 0.3 is 0 Å². The number of fused-ring (bicyclic) bond motifs is 1. The molecule has 1 aliphatic heterocycles. The molecule has 0 aromatic heterocycles. The van der Waals surface area contributed by atoms with Gasteiger partial charge in [0.2, 0.25) is 0 Å². The van der Waals surface area contributed by atoms with E-state index in [-0.39, 0.29) is 0 Å². The SMILES string of the molecule is C=C(C)/C(C#N)=C(\C)N1CCc2ccccc2C1. The molecule has 0 spiro atoms. The van der Waals surface area contributed by atoms with E-state index < -0.39 is 0 Å². The third-order valence-electron chi connectivity index (χ3n) is 3.51. The topological polar surface area (TPSA) is 27.0 Å². The predicted molar refractivity (Wildman–Crippen MR) is 73.7 cm³/mol. The van der Waals surface area contributed by atoms with Crippen LogP contribution in [-0.2, 0) is 13.0 Å². The molecular formula is C16H18N2. The molecule has 0 aliphatic carbocycles.